The van der Waals surface area contributed by atoms with Gasteiger partial charge in [0.05, 0.1) is 0 Å². The molecular formula is C7H15ClO. The Hall–Kier alpha value is -0.0400. The van der Waals surface area contributed by atoms with Crippen LogP contribution in [0.2, 0.25) is 0 Å². The van der Waals surface area contributed by atoms with Crippen molar-refractivity contribution in [1.82, 2.24) is 0 Å². The minimum absolute atomic E-state index is 0. The highest BCUT2D eigenvalue weighted by Gasteiger charge is 1.99. The van der Waals surface area contributed by atoms with Gasteiger partial charge < -0.3 is 0 Å². The molecule has 0 aromatic carbocycles. The van der Waals surface area contributed by atoms with E-state index in [9.17, 15) is 4.79 Å². The molecule has 1 nitrogen and oxygen atoms in total. The van der Waals surface area contributed by atoms with E-state index < -0.39 is 0 Å². The predicted octanol–water partition coefficient (Wildman–Crippen LogP) is 2.43. The highest BCUT2D eigenvalue weighted by Crippen LogP contribution is 2.01. The second-order valence-corrected chi connectivity index (χ2v) is 2.49. The van der Waals surface area contributed by atoms with Gasteiger partial charge in [-0.1, -0.05) is 20.8 Å². The number of ketones is 1. The Morgan fingerprint density at radius 1 is 1.44 bits per heavy atom. The van der Waals surface area contributed by atoms with Gasteiger partial charge in [0.25, 0.3) is 0 Å². The third kappa shape index (κ3) is 7.96. The van der Waals surface area contributed by atoms with Crippen LogP contribution in [0.4, 0.5) is 0 Å². The second-order valence-electron chi connectivity index (χ2n) is 2.49. The van der Waals surface area contributed by atoms with E-state index in [1.807, 2.05) is 6.92 Å². The van der Waals surface area contributed by atoms with E-state index in [1.54, 1.807) is 0 Å². The molecule has 0 spiro atoms. The largest absolute Gasteiger partial charge is 0.300 e. The third-order valence-electron chi connectivity index (χ3n) is 1.03. The molecule has 0 aromatic rings. The van der Waals surface area contributed by atoms with E-state index in [4.69, 9.17) is 0 Å². The summed E-state index contributed by atoms with van der Waals surface area (Å²) < 4.78 is 0. The summed E-state index contributed by atoms with van der Waals surface area (Å²) in [6.45, 7) is 6.03. The highest BCUT2D eigenvalue weighted by molar-refractivity contribution is 5.85. The fourth-order valence-electron chi connectivity index (χ4n) is 0.600. The van der Waals surface area contributed by atoms with Crippen LogP contribution in [0.25, 0.3) is 0 Å². The first-order valence-corrected chi connectivity index (χ1v) is 3.18. The molecule has 0 amide bonds. The molecule has 0 atom stereocenters. The van der Waals surface area contributed by atoms with Gasteiger partial charge in [-0.3, -0.25) is 4.79 Å². The van der Waals surface area contributed by atoms with Crippen LogP contribution in [0.5, 0.6) is 0 Å². The summed E-state index contributed by atoms with van der Waals surface area (Å²) in [5, 5.41) is 0. The van der Waals surface area contributed by atoms with E-state index >= 15 is 0 Å². The average molecular weight is 151 g/mol. The normalized spacial score (nSPS) is 8.89. The number of hydrogen-bond acceptors (Lipinski definition) is 1. The molecule has 0 aromatic heterocycles. The fourth-order valence-corrected chi connectivity index (χ4v) is 0.600. The van der Waals surface area contributed by atoms with Crippen molar-refractivity contribution >= 4 is 18.2 Å². The van der Waals surface area contributed by atoms with E-state index in [-0.39, 0.29) is 12.4 Å². The zero-order chi connectivity index (χ0) is 6.57. The molecule has 2 heteroatoms. The van der Waals surface area contributed by atoms with E-state index in [1.165, 1.54) is 0 Å². The minimum atomic E-state index is 0. The van der Waals surface area contributed by atoms with Crippen molar-refractivity contribution < 1.29 is 4.79 Å². The zero-order valence-corrected chi connectivity index (χ0v) is 7.12. The average Bonchev–Trinajstić information content (AvgIpc) is 1.65. The van der Waals surface area contributed by atoms with Gasteiger partial charge in [0, 0.05) is 12.8 Å². The van der Waals surface area contributed by atoms with E-state index in [0.29, 0.717) is 18.1 Å². The molecule has 0 rings (SSSR count). The van der Waals surface area contributed by atoms with Crippen molar-refractivity contribution in [2.24, 2.45) is 5.92 Å². The summed E-state index contributed by atoms with van der Waals surface area (Å²) in [4.78, 5) is 10.6. The Morgan fingerprint density at radius 2 is 1.89 bits per heavy atom. The Kier molecular flexibility index (Phi) is 7.92. The maximum Gasteiger partial charge on any atom is 0.132 e. The molecule has 0 aliphatic rings. The molecule has 0 aliphatic carbocycles. The molecule has 0 N–H and O–H groups in total. The van der Waals surface area contributed by atoms with Crippen LogP contribution in [-0.2, 0) is 4.79 Å². The highest BCUT2D eigenvalue weighted by atomic mass is 35.5. The number of hydrogen-bond donors (Lipinski definition) is 0. The molecule has 0 fully saturated rings. The smallest absolute Gasteiger partial charge is 0.132 e. The van der Waals surface area contributed by atoms with E-state index in [0.717, 1.165) is 6.42 Å². The van der Waals surface area contributed by atoms with Crippen LogP contribution in [0.15, 0.2) is 0 Å². The van der Waals surface area contributed by atoms with Crippen LogP contribution >= 0.6 is 12.4 Å². The van der Waals surface area contributed by atoms with Crippen LogP contribution in [0.1, 0.15) is 33.6 Å². The van der Waals surface area contributed by atoms with Crippen molar-refractivity contribution in [2.75, 3.05) is 0 Å². The van der Waals surface area contributed by atoms with E-state index in [2.05, 4.69) is 13.8 Å². The van der Waals surface area contributed by atoms with Crippen molar-refractivity contribution in [1.29, 1.82) is 0 Å². The third-order valence-corrected chi connectivity index (χ3v) is 1.03. The summed E-state index contributed by atoms with van der Waals surface area (Å²) in [6, 6.07) is 0. The van der Waals surface area contributed by atoms with Gasteiger partial charge in [-0.2, -0.15) is 0 Å². The predicted molar refractivity (Wildman–Crippen MR) is 42.0 cm³/mol. The maximum atomic E-state index is 10.6. The number of rotatable bonds is 3. The Labute approximate surface area is 63.2 Å². The Morgan fingerprint density at radius 3 is 2.00 bits per heavy atom. The van der Waals surface area contributed by atoms with Gasteiger partial charge >= 0.3 is 0 Å². The van der Waals surface area contributed by atoms with Gasteiger partial charge in [0.2, 0.25) is 0 Å². The van der Waals surface area contributed by atoms with Crippen LogP contribution in [-0.4, -0.2) is 5.78 Å². The first-order valence-electron chi connectivity index (χ1n) is 3.18. The first kappa shape index (κ1) is 11.7. The molecule has 0 bridgehead atoms. The van der Waals surface area contributed by atoms with Gasteiger partial charge in [-0.25, -0.2) is 0 Å². The molecule has 0 radical (unpaired) electrons. The number of halogens is 1. The molecule has 9 heavy (non-hydrogen) atoms. The maximum absolute atomic E-state index is 10.6. The monoisotopic (exact) mass is 150 g/mol. The first-order chi connectivity index (χ1) is 3.66. The molecule has 0 heterocycles. The minimum Gasteiger partial charge on any atom is -0.300 e. The summed E-state index contributed by atoms with van der Waals surface area (Å²) >= 11 is 0. The summed E-state index contributed by atoms with van der Waals surface area (Å²) in [6.07, 6.45) is 1.44. The topological polar surface area (TPSA) is 17.1 Å². The van der Waals surface area contributed by atoms with Gasteiger partial charge in [0.1, 0.15) is 5.78 Å². The van der Waals surface area contributed by atoms with Crippen molar-refractivity contribution in [3.8, 4) is 0 Å². The lowest BCUT2D eigenvalue weighted by molar-refractivity contribution is -0.119. The van der Waals surface area contributed by atoms with Gasteiger partial charge in [-0.15, -0.1) is 12.4 Å². The van der Waals surface area contributed by atoms with Crippen molar-refractivity contribution in [3.63, 3.8) is 0 Å². The van der Waals surface area contributed by atoms with Crippen LogP contribution in [0.3, 0.4) is 0 Å². The Balaban J connectivity index is 0. The number of carbonyl (C=O) groups is 1. The molecule has 0 unspecified atom stereocenters. The quantitative estimate of drug-likeness (QED) is 0.604. The zero-order valence-electron chi connectivity index (χ0n) is 6.31. The lowest BCUT2D eigenvalue weighted by Gasteiger charge is -1.98. The summed E-state index contributed by atoms with van der Waals surface area (Å²) in [5.74, 6) is 0.905. The van der Waals surface area contributed by atoms with Crippen LogP contribution < -0.4 is 0 Å². The van der Waals surface area contributed by atoms with Gasteiger partial charge in [0.15, 0.2) is 0 Å². The van der Waals surface area contributed by atoms with Crippen molar-refractivity contribution in [3.05, 3.63) is 0 Å². The number of Topliss-reactive ketones (excluding diaryl/α,β-unsaturated/α-hetero) is 1. The van der Waals surface area contributed by atoms with Gasteiger partial charge in [-0.05, 0) is 5.92 Å². The molecular weight excluding hydrogens is 136 g/mol. The fraction of sp³-hybridized carbons (Fsp3) is 0.857. The van der Waals surface area contributed by atoms with Crippen LogP contribution in [0, 0.1) is 5.92 Å². The summed E-state index contributed by atoms with van der Waals surface area (Å²) in [7, 11) is 0. The lowest BCUT2D eigenvalue weighted by Crippen LogP contribution is -1.99. The SMILES string of the molecule is CCC(=O)CC(C)C.Cl. The molecule has 0 saturated carbocycles. The lowest BCUT2D eigenvalue weighted by atomic mass is 10.1. The molecule has 0 aliphatic heterocycles. The number of carbonyl (C=O) groups excluding carboxylic acids is 1. The molecule has 0 saturated heterocycles. The second kappa shape index (κ2) is 6.09. The Bertz CT molecular complexity index is 79.0. The standard InChI is InChI=1S/C7H14O.ClH/c1-4-7(8)5-6(2)3;/h6H,4-5H2,1-3H3;1H. The molecule has 56 valence electrons. The summed E-state index contributed by atoms with van der Waals surface area (Å²) in [5.41, 5.74) is 0. The van der Waals surface area contributed by atoms with Crippen molar-refractivity contribution in [2.45, 2.75) is 33.6 Å².